The van der Waals surface area contributed by atoms with Crippen molar-refractivity contribution in [2.75, 3.05) is 13.6 Å². The van der Waals surface area contributed by atoms with Crippen LogP contribution in [0.15, 0.2) is 28.7 Å². The summed E-state index contributed by atoms with van der Waals surface area (Å²) in [5, 5.41) is 0. The molecule has 0 aliphatic carbocycles. The lowest BCUT2D eigenvalue weighted by atomic mass is 10.1. The minimum atomic E-state index is 0.197. The fourth-order valence-corrected chi connectivity index (χ4v) is 2.17. The predicted octanol–water partition coefficient (Wildman–Crippen LogP) is 2.93. The van der Waals surface area contributed by atoms with E-state index in [1.54, 1.807) is 4.90 Å². The molecule has 0 aliphatic rings. The second-order valence-electron chi connectivity index (χ2n) is 4.44. The zero-order chi connectivity index (χ0) is 13.4. The van der Waals surface area contributed by atoms with Crippen molar-refractivity contribution >= 4 is 21.8 Å². The molecule has 0 unspecified atom stereocenters. The van der Waals surface area contributed by atoms with Crippen molar-refractivity contribution in [2.24, 2.45) is 5.73 Å². The first-order valence-electron chi connectivity index (χ1n) is 6.32. The minimum absolute atomic E-state index is 0.197. The number of nitrogens with two attached hydrogens (primary N) is 1. The number of nitrogens with zero attached hydrogens (tertiary/aromatic N) is 1. The zero-order valence-corrected chi connectivity index (χ0v) is 12.4. The first kappa shape index (κ1) is 15.2. The van der Waals surface area contributed by atoms with E-state index < -0.39 is 0 Å². The predicted molar refractivity (Wildman–Crippen MR) is 78.1 cm³/mol. The number of carbonyl (C=O) groups is 1. The Kier molecular flexibility index (Phi) is 6.98. The Morgan fingerprint density at radius 3 is 2.67 bits per heavy atom. The summed E-state index contributed by atoms with van der Waals surface area (Å²) in [6.07, 6.45) is 3.57. The molecule has 100 valence electrons. The van der Waals surface area contributed by atoms with Gasteiger partial charge in [-0.25, -0.2) is 0 Å². The molecule has 0 spiro atoms. The molecule has 0 atom stereocenters. The molecule has 1 rings (SSSR count). The lowest BCUT2D eigenvalue weighted by molar-refractivity contribution is -0.130. The molecule has 18 heavy (non-hydrogen) atoms. The smallest absolute Gasteiger partial charge is 0.222 e. The first-order chi connectivity index (χ1) is 8.65. The van der Waals surface area contributed by atoms with Crippen LogP contribution in [0, 0.1) is 0 Å². The standard InChI is InChI=1S/C14H21BrN2O/c1-17(14(18)9-3-2-6-10-16)11-12-7-4-5-8-13(12)15/h4-5,7-8H,2-3,6,9-11,16H2,1H3. The molecule has 4 heteroatoms. The van der Waals surface area contributed by atoms with Crippen LogP contribution < -0.4 is 5.73 Å². The monoisotopic (exact) mass is 312 g/mol. The van der Waals surface area contributed by atoms with Crippen LogP contribution in [-0.2, 0) is 11.3 Å². The summed E-state index contributed by atoms with van der Waals surface area (Å²) in [5.41, 5.74) is 6.56. The van der Waals surface area contributed by atoms with E-state index in [1.165, 1.54) is 0 Å². The van der Waals surface area contributed by atoms with E-state index in [1.807, 2.05) is 31.3 Å². The van der Waals surface area contributed by atoms with E-state index in [0.29, 0.717) is 19.5 Å². The van der Waals surface area contributed by atoms with Crippen LogP contribution in [0.4, 0.5) is 0 Å². The van der Waals surface area contributed by atoms with Crippen LogP contribution in [0.2, 0.25) is 0 Å². The number of carbonyl (C=O) groups excluding carboxylic acids is 1. The molecule has 0 aromatic heterocycles. The average Bonchev–Trinajstić information content (AvgIpc) is 2.37. The van der Waals surface area contributed by atoms with Gasteiger partial charge in [0.1, 0.15) is 0 Å². The molecule has 0 radical (unpaired) electrons. The Labute approximate surface area is 117 Å². The summed E-state index contributed by atoms with van der Waals surface area (Å²) in [5.74, 6) is 0.197. The third-order valence-corrected chi connectivity index (χ3v) is 3.66. The molecule has 1 amide bonds. The molecule has 0 fully saturated rings. The van der Waals surface area contributed by atoms with E-state index >= 15 is 0 Å². The maximum atomic E-state index is 11.9. The third-order valence-electron chi connectivity index (χ3n) is 2.89. The maximum absolute atomic E-state index is 11.9. The van der Waals surface area contributed by atoms with E-state index in [-0.39, 0.29) is 5.91 Å². The maximum Gasteiger partial charge on any atom is 0.222 e. The van der Waals surface area contributed by atoms with Crippen LogP contribution in [0.25, 0.3) is 0 Å². The summed E-state index contributed by atoms with van der Waals surface area (Å²) in [4.78, 5) is 13.7. The van der Waals surface area contributed by atoms with Crippen molar-refractivity contribution in [1.82, 2.24) is 4.90 Å². The number of benzene rings is 1. The minimum Gasteiger partial charge on any atom is -0.341 e. The molecule has 0 aliphatic heterocycles. The lowest BCUT2D eigenvalue weighted by Gasteiger charge is -2.18. The molecule has 3 nitrogen and oxygen atoms in total. The van der Waals surface area contributed by atoms with Crippen molar-refractivity contribution in [2.45, 2.75) is 32.2 Å². The highest BCUT2D eigenvalue weighted by atomic mass is 79.9. The number of hydrogen-bond acceptors (Lipinski definition) is 2. The molecule has 0 saturated carbocycles. The Hall–Kier alpha value is -0.870. The Morgan fingerprint density at radius 1 is 1.28 bits per heavy atom. The quantitative estimate of drug-likeness (QED) is 0.787. The van der Waals surface area contributed by atoms with Crippen molar-refractivity contribution in [1.29, 1.82) is 0 Å². The molecule has 2 N–H and O–H groups in total. The highest BCUT2D eigenvalue weighted by Crippen LogP contribution is 2.17. The van der Waals surface area contributed by atoms with Gasteiger partial charge in [0.05, 0.1) is 0 Å². The van der Waals surface area contributed by atoms with E-state index in [4.69, 9.17) is 5.73 Å². The van der Waals surface area contributed by atoms with Gasteiger partial charge in [-0.1, -0.05) is 40.5 Å². The van der Waals surface area contributed by atoms with Gasteiger partial charge in [0.2, 0.25) is 5.91 Å². The SMILES string of the molecule is CN(Cc1ccccc1Br)C(=O)CCCCCN. The first-order valence-corrected chi connectivity index (χ1v) is 7.12. The summed E-state index contributed by atoms with van der Waals surface area (Å²) in [6, 6.07) is 7.99. The second-order valence-corrected chi connectivity index (χ2v) is 5.29. The zero-order valence-electron chi connectivity index (χ0n) is 10.9. The van der Waals surface area contributed by atoms with E-state index in [9.17, 15) is 4.79 Å². The van der Waals surface area contributed by atoms with Crippen LogP contribution in [0.1, 0.15) is 31.2 Å². The largest absolute Gasteiger partial charge is 0.341 e. The normalized spacial score (nSPS) is 10.4. The molecule has 1 aromatic carbocycles. The molecular formula is C14H21BrN2O. The lowest BCUT2D eigenvalue weighted by Crippen LogP contribution is -2.26. The van der Waals surface area contributed by atoms with Gasteiger partial charge < -0.3 is 10.6 Å². The number of rotatable bonds is 7. The Morgan fingerprint density at radius 2 is 2.00 bits per heavy atom. The fourth-order valence-electron chi connectivity index (χ4n) is 1.76. The van der Waals surface area contributed by atoms with Crippen LogP contribution in [-0.4, -0.2) is 24.4 Å². The summed E-state index contributed by atoms with van der Waals surface area (Å²) in [7, 11) is 1.85. The topological polar surface area (TPSA) is 46.3 Å². The number of hydrogen-bond donors (Lipinski definition) is 1. The Balaban J connectivity index is 2.38. The molecule has 0 heterocycles. The fraction of sp³-hybridized carbons (Fsp3) is 0.500. The molecule has 0 bridgehead atoms. The van der Waals surface area contributed by atoms with Crippen molar-refractivity contribution in [3.8, 4) is 0 Å². The van der Waals surface area contributed by atoms with E-state index in [2.05, 4.69) is 15.9 Å². The van der Waals surface area contributed by atoms with Gasteiger partial charge in [-0.2, -0.15) is 0 Å². The number of unbranched alkanes of at least 4 members (excludes halogenated alkanes) is 2. The van der Waals surface area contributed by atoms with E-state index in [0.717, 1.165) is 29.3 Å². The Bertz CT molecular complexity index is 382. The number of amides is 1. The highest BCUT2D eigenvalue weighted by molar-refractivity contribution is 9.10. The summed E-state index contributed by atoms with van der Waals surface area (Å²) >= 11 is 3.50. The second kappa shape index (κ2) is 8.27. The molecular weight excluding hydrogens is 292 g/mol. The van der Waals surface area contributed by atoms with Crippen molar-refractivity contribution < 1.29 is 4.79 Å². The van der Waals surface area contributed by atoms with Crippen molar-refractivity contribution in [3.05, 3.63) is 34.3 Å². The van der Waals surface area contributed by atoms with Crippen LogP contribution >= 0.6 is 15.9 Å². The molecule has 1 aromatic rings. The van der Waals surface area contributed by atoms with Gasteiger partial charge in [-0.3, -0.25) is 4.79 Å². The summed E-state index contributed by atoms with van der Waals surface area (Å²) in [6.45, 7) is 1.36. The van der Waals surface area contributed by atoms with Gasteiger partial charge in [0.15, 0.2) is 0 Å². The van der Waals surface area contributed by atoms with Crippen LogP contribution in [0.3, 0.4) is 0 Å². The summed E-state index contributed by atoms with van der Waals surface area (Å²) < 4.78 is 1.05. The van der Waals surface area contributed by atoms with Gasteiger partial charge in [0, 0.05) is 24.5 Å². The third kappa shape index (κ3) is 5.19. The van der Waals surface area contributed by atoms with Gasteiger partial charge in [-0.05, 0) is 31.0 Å². The molecule has 0 saturated heterocycles. The van der Waals surface area contributed by atoms with Gasteiger partial charge in [0.25, 0.3) is 0 Å². The van der Waals surface area contributed by atoms with Gasteiger partial charge in [-0.15, -0.1) is 0 Å². The highest BCUT2D eigenvalue weighted by Gasteiger charge is 2.10. The number of halogens is 1. The van der Waals surface area contributed by atoms with Gasteiger partial charge >= 0.3 is 0 Å². The average molecular weight is 313 g/mol. The van der Waals surface area contributed by atoms with Crippen molar-refractivity contribution in [3.63, 3.8) is 0 Å². The van der Waals surface area contributed by atoms with Crippen LogP contribution in [0.5, 0.6) is 0 Å².